The maximum atomic E-state index is 14.4. The van der Waals surface area contributed by atoms with Crippen LogP contribution in [0.2, 0.25) is 0 Å². The van der Waals surface area contributed by atoms with Gasteiger partial charge >= 0.3 is 0 Å². The fraction of sp³-hybridized carbons (Fsp3) is 0.304. The van der Waals surface area contributed by atoms with E-state index in [0.717, 1.165) is 6.07 Å². The molecule has 2 aromatic carbocycles. The monoisotopic (exact) mass is 429 g/mol. The molecule has 5 nitrogen and oxygen atoms in total. The van der Waals surface area contributed by atoms with E-state index in [9.17, 15) is 22.8 Å². The number of halogens is 3. The van der Waals surface area contributed by atoms with Gasteiger partial charge in [-0.15, -0.1) is 0 Å². The molecule has 1 saturated heterocycles. The number of piperidine rings is 1. The first-order chi connectivity index (χ1) is 14.8. The van der Waals surface area contributed by atoms with Crippen molar-refractivity contribution < 1.29 is 22.8 Å². The van der Waals surface area contributed by atoms with E-state index in [1.807, 2.05) is 0 Å². The molecule has 0 aliphatic carbocycles. The molecule has 2 amide bonds. The third kappa shape index (κ3) is 4.15. The van der Waals surface area contributed by atoms with E-state index >= 15 is 0 Å². The molecule has 3 N–H and O–H groups in total. The van der Waals surface area contributed by atoms with E-state index in [1.165, 1.54) is 18.2 Å². The van der Waals surface area contributed by atoms with Crippen molar-refractivity contribution in [3.63, 3.8) is 0 Å². The second-order valence-electron chi connectivity index (χ2n) is 8.14. The van der Waals surface area contributed by atoms with Crippen molar-refractivity contribution in [3.8, 4) is 11.3 Å². The standard InChI is InChI=1S/C23H22F3N3O2/c1-23(8-6-19(30)28-12-23)22(31)27-9-7-16-17-10-15(25)11-18(26)21(17)29-20(16)13-2-4-14(24)5-3-13/h2-5,10-11,29H,6-9,12H2,1H3,(H,27,31)(H,28,30). The molecule has 1 aliphatic rings. The van der Waals surface area contributed by atoms with Crippen LogP contribution >= 0.6 is 0 Å². The Morgan fingerprint density at radius 2 is 1.87 bits per heavy atom. The van der Waals surface area contributed by atoms with E-state index < -0.39 is 22.9 Å². The number of amides is 2. The van der Waals surface area contributed by atoms with E-state index in [4.69, 9.17) is 0 Å². The zero-order valence-corrected chi connectivity index (χ0v) is 17.0. The number of hydrogen-bond donors (Lipinski definition) is 3. The Kier molecular flexibility index (Phi) is 5.47. The van der Waals surface area contributed by atoms with E-state index in [0.29, 0.717) is 41.5 Å². The molecule has 2 heterocycles. The molecule has 1 aliphatic heterocycles. The first-order valence-corrected chi connectivity index (χ1v) is 10.1. The second kappa shape index (κ2) is 8.09. The van der Waals surface area contributed by atoms with Gasteiger partial charge in [-0.25, -0.2) is 13.2 Å². The predicted octanol–water partition coefficient (Wildman–Crippen LogP) is 3.83. The van der Waals surface area contributed by atoms with Crippen LogP contribution in [0.3, 0.4) is 0 Å². The van der Waals surface area contributed by atoms with Gasteiger partial charge in [0, 0.05) is 36.7 Å². The van der Waals surface area contributed by atoms with Crippen molar-refractivity contribution in [3.05, 3.63) is 59.4 Å². The molecule has 0 bridgehead atoms. The van der Waals surface area contributed by atoms with Crippen molar-refractivity contribution in [1.82, 2.24) is 15.6 Å². The smallest absolute Gasteiger partial charge is 0.227 e. The normalized spacial score (nSPS) is 18.8. The summed E-state index contributed by atoms with van der Waals surface area (Å²) in [7, 11) is 0. The number of fused-ring (bicyclic) bond motifs is 1. The first kappa shape index (κ1) is 21.0. The lowest BCUT2D eigenvalue weighted by atomic mass is 9.81. The molecule has 1 fully saturated rings. The number of aromatic amines is 1. The van der Waals surface area contributed by atoms with Gasteiger partial charge in [0.05, 0.1) is 10.9 Å². The van der Waals surface area contributed by atoms with Crippen molar-refractivity contribution in [2.45, 2.75) is 26.2 Å². The van der Waals surface area contributed by atoms with Crippen LogP contribution in [0.4, 0.5) is 13.2 Å². The summed E-state index contributed by atoms with van der Waals surface area (Å²) in [5.74, 6) is -2.09. The Morgan fingerprint density at radius 1 is 1.13 bits per heavy atom. The summed E-state index contributed by atoms with van der Waals surface area (Å²) in [6.07, 6.45) is 1.05. The minimum absolute atomic E-state index is 0.0722. The van der Waals surface area contributed by atoms with Gasteiger partial charge < -0.3 is 15.6 Å². The number of hydrogen-bond acceptors (Lipinski definition) is 2. The number of carbonyl (C=O) groups is 2. The SMILES string of the molecule is CC1(C(=O)NCCc2c(-c3ccc(F)cc3)[nH]c3c(F)cc(F)cc23)CCC(=O)NC1. The zero-order chi connectivity index (χ0) is 22.2. The fourth-order valence-electron chi connectivity index (χ4n) is 3.96. The Bertz CT molecular complexity index is 1150. The lowest BCUT2D eigenvalue weighted by Gasteiger charge is -2.32. The van der Waals surface area contributed by atoms with Crippen LogP contribution in [0.15, 0.2) is 36.4 Å². The molecule has 1 unspecified atom stereocenters. The number of rotatable bonds is 5. The molecule has 31 heavy (non-hydrogen) atoms. The molecule has 0 spiro atoms. The molecule has 1 atom stereocenters. The van der Waals surface area contributed by atoms with Crippen LogP contribution < -0.4 is 10.6 Å². The van der Waals surface area contributed by atoms with Crippen LogP contribution in [0, 0.1) is 22.9 Å². The molecule has 4 rings (SSSR count). The summed E-state index contributed by atoms with van der Waals surface area (Å²) < 4.78 is 41.6. The minimum atomic E-state index is -0.723. The van der Waals surface area contributed by atoms with Gasteiger partial charge in [-0.05, 0) is 61.2 Å². The van der Waals surface area contributed by atoms with Crippen molar-refractivity contribution >= 4 is 22.7 Å². The quantitative estimate of drug-likeness (QED) is 0.577. The highest BCUT2D eigenvalue weighted by atomic mass is 19.1. The maximum Gasteiger partial charge on any atom is 0.227 e. The Labute approximate surface area is 177 Å². The van der Waals surface area contributed by atoms with Gasteiger partial charge in [0.15, 0.2) is 0 Å². The third-order valence-electron chi connectivity index (χ3n) is 5.85. The summed E-state index contributed by atoms with van der Waals surface area (Å²) in [5, 5.41) is 5.96. The summed E-state index contributed by atoms with van der Waals surface area (Å²) in [5.41, 5.74) is 1.25. The lowest BCUT2D eigenvalue weighted by Crippen LogP contribution is -2.50. The molecular weight excluding hydrogens is 407 g/mol. The number of H-pyrrole nitrogens is 1. The van der Waals surface area contributed by atoms with Crippen LogP contribution in [0.25, 0.3) is 22.2 Å². The molecule has 162 valence electrons. The average Bonchev–Trinajstić information content (AvgIpc) is 3.09. The predicted molar refractivity (Wildman–Crippen MR) is 111 cm³/mol. The van der Waals surface area contributed by atoms with Crippen LogP contribution in [0.5, 0.6) is 0 Å². The number of carbonyl (C=O) groups excluding carboxylic acids is 2. The van der Waals surface area contributed by atoms with E-state index in [1.54, 1.807) is 19.1 Å². The molecular formula is C23H22F3N3O2. The van der Waals surface area contributed by atoms with Gasteiger partial charge in [-0.3, -0.25) is 9.59 Å². The van der Waals surface area contributed by atoms with E-state index in [-0.39, 0.29) is 30.4 Å². The van der Waals surface area contributed by atoms with Gasteiger partial charge in [-0.2, -0.15) is 0 Å². The lowest BCUT2D eigenvalue weighted by molar-refractivity contribution is -0.134. The molecule has 0 radical (unpaired) electrons. The van der Waals surface area contributed by atoms with Crippen LogP contribution in [0.1, 0.15) is 25.3 Å². The molecule has 3 aromatic rings. The number of aromatic nitrogens is 1. The van der Waals surface area contributed by atoms with Gasteiger partial charge in [0.25, 0.3) is 0 Å². The summed E-state index contributed by atoms with van der Waals surface area (Å²) in [6.45, 7) is 2.30. The topological polar surface area (TPSA) is 74.0 Å². The summed E-state index contributed by atoms with van der Waals surface area (Å²) in [4.78, 5) is 27.1. The highest BCUT2D eigenvalue weighted by Crippen LogP contribution is 2.33. The Morgan fingerprint density at radius 3 is 2.55 bits per heavy atom. The van der Waals surface area contributed by atoms with Crippen molar-refractivity contribution in [2.75, 3.05) is 13.1 Å². The molecule has 8 heteroatoms. The molecule has 1 aromatic heterocycles. The van der Waals surface area contributed by atoms with Crippen LogP contribution in [-0.4, -0.2) is 29.9 Å². The zero-order valence-electron chi connectivity index (χ0n) is 17.0. The van der Waals surface area contributed by atoms with Crippen LogP contribution in [-0.2, 0) is 16.0 Å². The Hall–Kier alpha value is -3.29. The summed E-state index contributed by atoms with van der Waals surface area (Å²) >= 11 is 0. The maximum absolute atomic E-state index is 14.4. The minimum Gasteiger partial charge on any atom is -0.355 e. The van der Waals surface area contributed by atoms with Gasteiger partial charge in [-0.1, -0.05) is 0 Å². The largest absolute Gasteiger partial charge is 0.355 e. The average molecular weight is 429 g/mol. The van der Waals surface area contributed by atoms with E-state index in [2.05, 4.69) is 15.6 Å². The highest BCUT2D eigenvalue weighted by molar-refractivity contribution is 5.91. The molecule has 0 saturated carbocycles. The first-order valence-electron chi connectivity index (χ1n) is 10.1. The van der Waals surface area contributed by atoms with Crippen molar-refractivity contribution in [2.24, 2.45) is 5.41 Å². The van der Waals surface area contributed by atoms with Crippen molar-refractivity contribution in [1.29, 1.82) is 0 Å². The van der Waals surface area contributed by atoms with Gasteiger partial charge in [0.2, 0.25) is 11.8 Å². The Balaban J connectivity index is 1.60. The third-order valence-corrected chi connectivity index (χ3v) is 5.85. The summed E-state index contributed by atoms with van der Waals surface area (Å²) in [6, 6.07) is 7.75. The second-order valence-corrected chi connectivity index (χ2v) is 8.14. The van der Waals surface area contributed by atoms with Gasteiger partial charge in [0.1, 0.15) is 17.5 Å². The fourth-order valence-corrected chi connectivity index (χ4v) is 3.96. The highest BCUT2D eigenvalue weighted by Gasteiger charge is 2.36. The number of nitrogens with one attached hydrogen (secondary N) is 3. The number of benzene rings is 2.